The second-order valence-corrected chi connectivity index (χ2v) is 5.26. The van der Waals surface area contributed by atoms with Gasteiger partial charge in [0, 0.05) is 51.2 Å². The molecule has 2 aromatic rings. The summed E-state index contributed by atoms with van der Waals surface area (Å²) in [5.74, 6) is 0. The zero-order valence-corrected chi connectivity index (χ0v) is 15.3. The Bertz CT molecular complexity index is 550. The molecule has 0 saturated carbocycles. The molecule has 1 heterocycles. The highest BCUT2D eigenvalue weighted by Gasteiger charge is 2.03. The molecule has 1 N–H and O–H groups in total. The molecule has 0 aliphatic rings. The van der Waals surface area contributed by atoms with Crippen LogP contribution in [0.15, 0.2) is 30.5 Å². The molecule has 1 aromatic carbocycles. The van der Waals surface area contributed by atoms with Crippen molar-refractivity contribution < 1.29 is 0 Å². The number of anilines is 1. The Hall–Kier alpha value is -1.23. The van der Waals surface area contributed by atoms with E-state index in [1.165, 1.54) is 16.8 Å². The van der Waals surface area contributed by atoms with Gasteiger partial charge in [-0.25, -0.2) is 0 Å². The normalized spacial score (nSPS) is 9.82. The van der Waals surface area contributed by atoms with Gasteiger partial charge in [0.15, 0.2) is 0 Å². The molecule has 1 aromatic heterocycles. The predicted octanol–water partition coefficient (Wildman–Crippen LogP) is 3.41. The SMILES string of the molecule is CCn1cc(CNCc2ccc(N(C)C)cc2)c(C)n1.Cl.Cl. The number of hydrogen-bond donors (Lipinski definition) is 1. The first-order valence-corrected chi connectivity index (χ1v) is 7.10. The third-order valence-electron chi connectivity index (χ3n) is 3.47. The van der Waals surface area contributed by atoms with Crippen LogP contribution in [0.2, 0.25) is 0 Å². The maximum atomic E-state index is 4.46. The van der Waals surface area contributed by atoms with Crippen molar-refractivity contribution >= 4 is 30.5 Å². The van der Waals surface area contributed by atoms with Crippen molar-refractivity contribution in [2.75, 3.05) is 19.0 Å². The zero-order valence-electron chi connectivity index (χ0n) is 13.7. The van der Waals surface area contributed by atoms with Gasteiger partial charge >= 0.3 is 0 Å². The van der Waals surface area contributed by atoms with Crippen LogP contribution in [0.4, 0.5) is 5.69 Å². The third-order valence-corrected chi connectivity index (χ3v) is 3.47. The molecule has 0 unspecified atom stereocenters. The Kier molecular flexibility index (Phi) is 9.18. The quantitative estimate of drug-likeness (QED) is 0.871. The van der Waals surface area contributed by atoms with E-state index in [0.717, 1.165) is 25.3 Å². The first kappa shape index (κ1) is 20.8. The molecule has 0 bridgehead atoms. The van der Waals surface area contributed by atoms with E-state index in [4.69, 9.17) is 0 Å². The highest BCUT2D eigenvalue weighted by molar-refractivity contribution is 5.85. The molecular weight excluding hydrogens is 319 g/mol. The summed E-state index contributed by atoms with van der Waals surface area (Å²) in [6.07, 6.45) is 2.12. The molecule has 4 nitrogen and oxygen atoms in total. The van der Waals surface area contributed by atoms with Crippen LogP contribution in [0, 0.1) is 6.92 Å². The van der Waals surface area contributed by atoms with Crippen LogP contribution in [-0.2, 0) is 19.6 Å². The van der Waals surface area contributed by atoms with Crippen LogP contribution in [-0.4, -0.2) is 23.9 Å². The number of benzene rings is 1. The van der Waals surface area contributed by atoms with E-state index in [0.29, 0.717) is 0 Å². The fraction of sp³-hybridized carbons (Fsp3) is 0.438. The van der Waals surface area contributed by atoms with E-state index >= 15 is 0 Å². The first-order valence-electron chi connectivity index (χ1n) is 7.10. The van der Waals surface area contributed by atoms with E-state index in [2.05, 4.69) is 73.7 Å². The Morgan fingerprint density at radius 1 is 1.09 bits per heavy atom. The fourth-order valence-electron chi connectivity index (χ4n) is 2.15. The molecule has 0 atom stereocenters. The van der Waals surface area contributed by atoms with Gasteiger partial charge in [-0.3, -0.25) is 4.68 Å². The summed E-state index contributed by atoms with van der Waals surface area (Å²) in [5.41, 5.74) is 4.92. The molecule has 0 spiro atoms. The smallest absolute Gasteiger partial charge is 0.0638 e. The van der Waals surface area contributed by atoms with E-state index in [1.807, 2.05) is 4.68 Å². The van der Waals surface area contributed by atoms with Crippen molar-refractivity contribution in [3.05, 3.63) is 47.3 Å². The van der Waals surface area contributed by atoms with E-state index in [-0.39, 0.29) is 24.8 Å². The van der Waals surface area contributed by atoms with Gasteiger partial charge in [0.2, 0.25) is 0 Å². The second kappa shape index (κ2) is 9.72. The third kappa shape index (κ3) is 5.52. The summed E-state index contributed by atoms with van der Waals surface area (Å²) in [6, 6.07) is 8.64. The summed E-state index contributed by atoms with van der Waals surface area (Å²) in [4.78, 5) is 2.11. The lowest BCUT2D eigenvalue weighted by molar-refractivity contribution is 0.651. The zero-order chi connectivity index (χ0) is 14.5. The molecule has 6 heteroatoms. The standard InChI is InChI=1S/C16H24N4.2ClH/c1-5-20-12-15(13(2)18-20)11-17-10-14-6-8-16(9-7-14)19(3)4;;/h6-9,12,17H,5,10-11H2,1-4H3;2*1H. The molecule has 0 fully saturated rings. The molecule has 124 valence electrons. The van der Waals surface area contributed by atoms with Crippen molar-refractivity contribution in [3.8, 4) is 0 Å². The van der Waals surface area contributed by atoms with Gasteiger partial charge in [-0.15, -0.1) is 24.8 Å². The van der Waals surface area contributed by atoms with Gasteiger partial charge < -0.3 is 10.2 Å². The largest absolute Gasteiger partial charge is 0.378 e. The molecule has 0 aliphatic heterocycles. The van der Waals surface area contributed by atoms with Crippen LogP contribution in [0.3, 0.4) is 0 Å². The van der Waals surface area contributed by atoms with Crippen LogP contribution >= 0.6 is 24.8 Å². The highest BCUT2D eigenvalue weighted by atomic mass is 35.5. The summed E-state index contributed by atoms with van der Waals surface area (Å²) < 4.78 is 1.98. The second-order valence-electron chi connectivity index (χ2n) is 5.26. The molecule has 0 radical (unpaired) electrons. The lowest BCUT2D eigenvalue weighted by atomic mass is 10.2. The van der Waals surface area contributed by atoms with E-state index in [1.54, 1.807) is 0 Å². The Labute approximate surface area is 145 Å². The van der Waals surface area contributed by atoms with Crippen LogP contribution in [0.5, 0.6) is 0 Å². The number of halogens is 2. The molecule has 22 heavy (non-hydrogen) atoms. The van der Waals surface area contributed by atoms with Crippen LogP contribution in [0.1, 0.15) is 23.7 Å². The van der Waals surface area contributed by atoms with Crippen molar-refractivity contribution in [3.63, 3.8) is 0 Å². The number of aryl methyl sites for hydroxylation is 2. The summed E-state index contributed by atoms with van der Waals surface area (Å²) in [5, 5.41) is 7.93. The lowest BCUT2D eigenvalue weighted by Crippen LogP contribution is -2.13. The van der Waals surface area contributed by atoms with Gasteiger partial charge in [-0.1, -0.05) is 12.1 Å². The van der Waals surface area contributed by atoms with Gasteiger partial charge in [0.25, 0.3) is 0 Å². The maximum absolute atomic E-state index is 4.46. The van der Waals surface area contributed by atoms with Gasteiger partial charge in [0.05, 0.1) is 5.69 Å². The number of aromatic nitrogens is 2. The monoisotopic (exact) mass is 344 g/mol. The van der Waals surface area contributed by atoms with Gasteiger partial charge in [-0.2, -0.15) is 5.10 Å². The number of rotatable bonds is 6. The van der Waals surface area contributed by atoms with Crippen LogP contribution in [0.25, 0.3) is 0 Å². The average molecular weight is 345 g/mol. The maximum Gasteiger partial charge on any atom is 0.0638 e. The van der Waals surface area contributed by atoms with Crippen molar-refractivity contribution in [1.29, 1.82) is 0 Å². The lowest BCUT2D eigenvalue weighted by Gasteiger charge is -2.12. The molecule has 0 saturated heterocycles. The molecule has 2 rings (SSSR count). The molecular formula is C16H26Cl2N4. The minimum absolute atomic E-state index is 0. The summed E-state index contributed by atoms with van der Waals surface area (Å²) in [7, 11) is 4.11. The van der Waals surface area contributed by atoms with Crippen molar-refractivity contribution in [2.45, 2.75) is 33.5 Å². The Morgan fingerprint density at radius 3 is 2.23 bits per heavy atom. The van der Waals surface area contributed by atoms with Crippen molar-refractivity contribution in [1.82, 2.24) is 15.1 Å². The highest BCUT2D eigenvalue weighted by Crippen LogP contribution is 2.12. The van der Waals surface area contributed by atoms with Gasteiger partial charge in [0.1, 0.15) is 0 Å². The number of nitrogens with zero attached hydrogens (tertiary/aromatic N) is 3. The summed E-state index contributed by atoms with van der Waals surface area (Å²) >= 11 is 0. The Morgan fingerprint density at radius 2 is 1.73 bits per heavy atom. The minimum Gasteiger partial charge on any atom is -0.378 e. The first-order chi connectivity index (χ1) is 9.60. The van der Waals surface area contributed by atoms with E-state index in [9.17, 15) is 0 Å². The Balaban J connectivity index is 0.00000220. The number of hydrogen-bond acceptors (Lipinski definition) is 3. The average Bonchev–Trinajstić information content (AvgIpc) is 2.80. The van der Waals surface area contributed by atoms with E-state index < -0.39 is 0 Å². The topological polar surface area (TPSA) is 33.1 Å². The minimum atomic E-state index is 0. The number of nitrogens with one attached hydrogen (secondary N) is 1. The van der Waals surface area contributed by atoms with Crippen molar-refractivity contribution in [2.24, 2.45) is 0 Å². The van der Waals surface area contributed by atoms with Crippen LogP contribution < -0.4 is 10.2 Å². The van der Waals surface area contributed by atoms with Gasteiger partial charge in [-0.05, 0) is 31.5 Å². The fourth-order valence-corrected chi connectivity index (χ4v) is 2.15. The molecule has 0 aliphatic carbocycles. The predicted molar refractivity (Wildman–Crippen MR) is 98.4 cm³/mol. The molecule has 0 amide bonds. The summed E-state index contributed by atoms with van der Waals surface area (Å²) in [6.45, 7) is 6.84.